The molecule has 1 amide bonds. The van der Waals surface area contributed by atoms with Gasteiger partial charge in [0.25, 0.3) is 5.91 Å². The predicted molar refractivity (Wildman–Crippen MR) is 104 cm³/mol. The van der Waals surface area contributed by atoms with Gasteiger partial charge in [-0.3, -0.25) is 9.59 Å². The number of carbonyl (C=O) groups is 3. The average Bonchev–Trinajstić information content (AvgIpc) is 2.66. The van der Waals surface area contributed by atoms with Gasteiger partial charge in [0.05, 0.1) is 0 Å². The van der Waals surface area contributed by atoms with E-state index in [0.29, 0.717) is 19.3 Å². The van der Waals surface area contributed by atoms with Crippen LogP contribution in [-0.4, -0.2) is 74.1 Å². The quantitative estimate of drug-likeness (QED) is 0.232. The summed E-state index contributed by atoms with van der Waals surface area (Å²) in [6.07, 6.45) is 7.85. The lowest BCUT2D eigenvalue weighted by Crippen LogP contribution is -2.46. The molecule has 0 aromatic carbocycles. The van der Waals surface area contributed by atoms with Gasteiger partial charge < -0.3 is 19.9 Å². The van der Waals surface area contributed by atoms with Crippen LogP contribution in [0.1, 0.15) is 25.7 Å². The zero-order chi connectivity index (χ0) is 19.2. The number of piperazine rings is 1. The number of hydrogen-bond acceptors (Lipinski definition) is 5. The number of unbranched alkanes of at least 4 members (excludes halogenated alkanes) is 2. The van der Waals surface area contributed by atoms with Gasteiger partial charge in [0.2, 0.25) is 0 Å². The Balaban J connectivity index is 2.18. The highest BCUT2D eigenvalue weighted by Gasteiger charge is 2.16. The van der Waals surface area contributed by atoms with E-state index in [-0.39, 0.29) is 17.1 Å². The molecule has 6 nitrogen and oxygen atoms in total. The van der Waals surface area contributed by atoms with Gasteiger partial charge in [-0.25, -0.2) is 0 Å². The molecular weight excluding hydrogens is 330 g/mol. The van der Waals surface area contributed by atoms with Crippen molar-refractivity contribution in [2.45, 2.75) is 25.7 Å². The van der Waals surface area contributed by atoms with Crippen molar-refractivity contribution >= 4 is 18.5 Å². The van der Waals surface area contributed by atoms with Crippen molar-refractivity contribution in [3.63, 3.8) is 0 Å². The molecule has 0 aromatic heterocycles. The number of amides is 1. The van der Waals surface area contributed by atoms with Crippen LogP contribution >= 0.6 is 0 Å². The molecule has 1 fully saturated rings. The van der Waals surface area contributed by atoms with E-state index in [9.17, 15) is 14.4 Å². The first kappa shape index (κ1) is 22.0. The molecule has 1 heterocycles. The maximum atomic E-state index is 12.1. The lowest BCUT2D eigenvalue weighted by Gasteiger charge is -2.34. The van der Waals surface area contributed by atoms with Crippen molar-refractivity contribution in [1.29, 1.82) is 0 Å². The van der Waals surface area contributed by atoms with E-state index in [4.69, 9.17) is 0 Å². The summed E-state index contributed by atoms with van der Waals surface area (Å²) in [6.45, 7) is 13.9. The molecule has 1 saturated heterocycles. The van der Waals surface area contributed by atoms with Crippen LogP contribution in [0.15, 0.2) is 36.5 Å². The Kier molecular flexibility index (Phi) is 11.2. The molecule has 0 saturated carbocycles. The highest BCUT2D eigenvalue weighted by Crippen LogP contribution is 2.06. The average molecular weight is 361 g/mol. The summed E-state index contributed by atoms with van der Waals surface area (Å²) in [6, 6.07) is 0. The van der Waals surface area contributed by atoms with Crippen molar-refractivity contribution in [2.24, 2.45) is 0 Å². The van der Waals surface area contributed by atoms with Crippen LogP contribution in [-0.2, 0) is 14.4 Å². The molecule has 1 aliphatic heterocycles. The fraction of sp³-hybridized carbons (Fsp3) is 0.550. The topological polar surface area (TPSA) is 69.7 Å². The summed E-state index contributed by atoms with van der Waals surface area (Å²) in [5, 5.41) is 2.83. The Morgan fingerprint density at radius 1 is 0.923 bits per heavy atom. The molecule has 0 spiro atoms. The number of nitrogens with one attached hydrogen (secondary N) is 1. The molecule has 0 aliphatic carbocycles. The Morgan fingerprint density at radius 2 is 1.54 bits per heavy atom. The van der Waals surface area contributed by atoms with Crippen molar-refractivity contribution in [2.75, 3.05) is 45.8 Å². The lowest BCUT2D eigenvalue weighted by atomic mass is 10.1. The van der Waals surface area contributed by atoms with E-state index in [2.05, 4.69) is 28.3 Å². The molecule has 1 N–H and O–H groups in total. The number of allylic oxidation sites excluding steroid dienone is 2. The fourth-order valence-corrected chi connectivity index (χ4v) is 2.96. The number of aldehydes is 2. The van der Waals surface area contributed by atoms with Crippen LogP contribution in [0.3, 0.4) is 0 Å². The van der Waals surface area contributed by atoms with E-state index in [1.54, 1.807) is 0 Å². The Hall–Kier alpha value is -2.05. The minimum Gasteiger partial charge on any atom is -0.352 e. The molecule has 0 unspecified atom stereocenters. The minimum atomic E-state index is -0.286. The summed E-state index contributed by atoms with van der Waals surface area (Å²) >= 11 is 0. The lowest BCUT2D eigenvalue weighted by molar-refractivity contribution is -0.117. The van der Waals surface area contributed by atoms with Gasteiger partial charge in [0.15, 0.2) is 6.29 Å². The van der Waals surface area contributed by atoms with Gasteiger partial charge in [-0.15, -0.1) is 0 Å². The molecule has 144 valence electrons. The zero-order valence-electron chi connectivity index (χ0n) is 15.6. The van der Waals surface area contributed by atoms with Gasteiger partial charge in [-0.1, -0.05) is 25.3 Å². The summed E-state index contributed by atoms with van der Waals surface area (Å²) < 4.78 is 0. The monoisotopic (exact) mass is 361 g/mol. The number of rotatable bonds is 13. The van der Waals surface area contributed by atoms with E-state index >= 15 is 0 Å². The van der Waals surface area contributed by atoms with Crippen LogP contribution in [0.5, 0.6) is 0 Å². The molecule has 1 rings (SSSR count). The second-order valence-electron chi connectivity index (χ2n) is 6.35. The molecule has 0 bridgehead atoms. The van der Waals surface area contributed by atoms with Crippen molar-refractivity contribution in [1.82, 2.24) is 15.1 Å². The molecular formula is C20H31N3O3. The van der Waals surface area contributed by atoms with E-state index < -0.39 is 0 Å². The van der Waals surface area contributed by atoms with E-state index in [0.717, 1.165) is 64.8 Å². The second-order valence-corrected chi connectivity index (χ2v) is 6.35. The maximum Gasteiger partial charge on any atom is 0.251 e. The predicted octanol–water partition coefficient (Wildman–Crippen LogP) is 1.35. The summed E-state index contributed by atoms with van der Waals surface area (Å²) in [5.74, 6) is -0.286. The molecule has 0 radical (unpaired) electrons. The molecule has 26 heavy (non-hydrogen) atoms. The molecule has 0 atom stereocenters. The summed E-state index contributed by atoms with van der Waals surface area (Å²) in [4.78, 5) is 38.2. The standard InChI is InChI=1S/C20H31N3O3/c1-3-18(17-25)19(4-2)20(26)21-9-5-6-10-22-12-14-23(15-13-22)11-7-8-16-24/h3-4,16-17H,1-2,5-15H2,(H,21,26)/b19-18-. The van der Waals surface area contributed by atoms with Gasteiger partial charge in [-0.05, 0) is 32.4 Å². The number of hydrogen-bond donors (Lipinski definition) is 1. The van der Waals surface area contributed by atoms with Gasteiger partial charge >= 0.3 is 0 Å². The third-order valence-corrected chi connectivity index (χ3v) is 4.55. The zero-order valence-corrected chi connectivity index (χ0v) is 15.6. The fourth-order valence-electron chi connectivity index (χ4n) is 2.96. The normalized spacial score (nSPS) is 16.5. The first-order valence-corrected chi connectivity index (χ1v) is 9.27. The molecule has 1 aliphatic rings. The molecule has 0 aromatic rings. The third-order valence-electron chi connectivity index (χ3n) is 4.55. The largest absolute Gasteiger partial charge is 0.352 e. The first-order chi connectivity index (χ1) is 12.7. The van der Waals surface area contributed by atoms with Gasteiger partial charge in [-0.2, -0.15) is 0 Å². The number of carbonyl (C=O) groups excluding carboxylic acids is 3. The first-order valence-electron chi connectivity index (χ1n) is 9.27. The van der Waals surface area contributed by atoms with Crippen molar-refractivity contribution in [3.8, 4) is 0 Å². The van der Waals surface area contributed by atoms with Gasteiger partial charge in [0.1, 0.15) is 6.29 Å². The van der Waals surface area contributed by atoms with E-state index in [1.165, 1.54) is 12.2 Å². The molecule has 6 heteroatoms. The van der Waals surface area contributed by atoms with Crippen LogP contribution in [0.25, 0.3) is 0 Å². The third kappa shape index (κ3) is 7.89. The Bertz CT molecular complexity index is 510. The smallest absolute Gasteiger partial charge is 0.251 e. The summed E-state index contributed by atoms with van der Waals surface area (Å²) in [5.41, 5.74) is 0.518. The van der Waals surface area contributed by atoms with Crippen molar-refractivity contribution < 1.29 is 14.4 Å². The SMILES string of the molecule is C=C/C(C=O)=C(\C=C)C(=O)NCCCCN1CCN(CCCC=O)CC1. The van der Waals surface area contributed by atoms with Crippen molar-refractivity contribution in [3.05, 3.63) is 36.5 Å². The summed E-state index contributed by atoms with van der Waals surface area (Å²) in [7, 11) is 0. The van der Waals surface area contributed by atoms with Crippen LogP contribution in [0.4, 0.5) is 0 Å². The van der Waals surface area contributed by atoms with Crippen LogP contribution < -0.4 is 5.32 Å². The van der Waals surface area contributed by atoms with E-state index in [1.807, 2.05) is 0 Å². The minimum absolute atomic E-state index is 0.253. The van der Waals surface area contributed by atoms with Gasteiger partial charge in [0, 0.05) is 50.3 Å². The number of nitrogens with zero attached hydrogens (tertiary/aromatic N) is 2. The Morgan fingerprint density at radius 3 is 2.04 bits per heavy atom. The maximum absolute atomic E-state index is 12.1. The van der Waals surface area contributed by atoms with Crippen LogP contribution in [0, 0.1) is 0 Å². The second kappa shape index (κ2) is 13.2. The van der Waals surface area contributed by atoms with Crippen LogP contribution in [0.2, 0.25) is 0 Å². The highest BCUT2D eigenvalue weighted by molar-refractivity contribution is 6.02. The Labute approximate surface area is 156 Å². The highest BCUT2D eigenvalue weighted by atomic mass is 16.2.